The van der Waals surface area contributed by atoms with Crippen LogP contribution in [0, 0.1) is 19.9 Å². The Labute approximate surface area is 167 Å². The SMILES string of the molecule is Cc1ccc2c(c1)C=[C-]C2C.[CH2-]CC.[Cl-].[Cl-].[Zr+2].c1cc[cH-]c1. The minimum Gasteiger partial charge on any atom is -1.00 e. The summed E-state index contributed by atoms with van der Waals surface area (Å²) in [6.07, 6.45) is 6.38. The standard InChI is InChI=1S/C11H11.C5H5.C3H7.2ClH.Zr/c1-8-3-6-11-9(2)4-5-10(11)7-8;1-2-4-5-3-1;1-3-2;;;/h3,5-7,9H,1-2H3;1-5H;1,3H2,2H3;2*1H;/q3*-1;;;+2/p-2. The van der Waals surface area contributed by atoms with Gasteiger partial charge in [0, 0.05) is 0 Å². The topological polar surface area (TPSA) is 0 Å². The molecule has 0 aliphatic heterocycles. The van der Waals surface area contributed by atoms with E-state index < -0.39 is 0 Å². The van der Waals surface area contributed by atoms with Crippen molar-refractivity contribution < 1.29 is 51.0 Å². The van der Waals surface area contributed by atoms with E-state index in [1.54, 1.807) is 0 Å². The maximum Gasteiger partial charge on any atom is 2.00 e. The number of fused-ring (bicyclic) bond motifs is 1. The van der Waals surface area contributed by atoms with Crippen LogP contribution in [0.1, 0.15) is 42.9 Å². The Morgan fingerprint density at radius 1 is 1.18 bits per heavy atom. The van der Waals surface area contributed by atoms with E-state index in [2.05, 4.69) is 51.1 Å². The minimum absolute atomic E-state index is 0. The summed E-state index contributed by atoms with van der Waals surface area (Å²) in [5.74, 6) is 0.491. The van der Waals surface area contributed by atoms with E-state index in [0.717, 1.165) is 6.42 Å². The molecule has 0 bridgehead atoms. The molecular weight excluding hydrogens is 390 g/mol. The first-order valence-electron chi connectivity index (χ1n) is 6.84. The van der Waals surface area contributed by atoms with Gasteiger partial charge in [0.2, 0.25) is 0 Å². The molecule has 0 aromatic heterocycles. The molecule has 2 aromatic carbocycles. The van der Waals surface area contributed by atoms with Crippen LogP contribution in [0.3, 0.4) is 0 Å². The third kappa shape index (κ3) is 9.72. The molecule has 1 aliphatic carbocycles. The van der Waals surface area contributed by atoms with Crippen molar-refractivity contribution >= 4 is 6.08 Å². The molecule has 0 N–H and O–H groups in total. The van der Waals surface area contributed by atoms with Gasteiger partial charge in [-0.25, -0.2) is 18.2 Å². The second-order valence-corrected chi connectivity index (χ2v) is 4.63. The zero-order valence-electron chi connectivity index (χ0n) is 13.4. The van der Waals surface area contributed by atoms with E-state index in [4.69, 9.17) is 0 Å². The molecule has 3 heteroatoms. The van der Waals surface area contributed by atoms with E-state index in [0.29, 0.717) is 5.92 Å². The monoisotopic (exact) mass is 411 g/mol. The van der Waals surface area contributed by atoms with Crippen LogP contribution in [0.5, 0.6) is 0 Å². The number of allylic oxidation sites excluding steroid dienone is 1. The van der Waals surface area contributed by atoms with E-state index in [1.807, 2.05) is 37.3 Å². The first-order chi connectivity index (χ1) is 9.19. The Hall–Kier alpha value is -0.227. The average Bonchev–Trinajstić information content (AvgIpc) is 3.04. The number of halogens is 2. The van der Waals surface area contributed by atoms with Crippen molar-refractivity contribution in [3.8, 4) is 0 Å². The first-order valence-corrected chi connectivity index (χ1v) is 6.84. The number of rotatable bonds is 0. The van der Waals surface area contributed by atoms with Crippen molar-refractivity contribution in [1.82, 2.24) is 0 Å². The van der Waals surface area contributed by atoms with E-state index >= 15 is 0 Å². The number of aryl methyl sites for hydroxylation is 1. The zero-order chi connectivity index (χ0) is 14.1. The summed E-state index contributed by atoms with van der Waals surface area (Å²) in [5.41, 5.74) is 4.09. The predicted octanol–water partition coefficient (Wildman–Crippen LogP) is -0.430. The molecule has 2 aromatic rings. The van der Waals surface area contributed by atoms with Crippen molar-refractivity contribution in [3.63, 3.8) is 0 Å². The van der Waals surface area contributed by atoms with Gasteiger partial charge in [-0.3, -0.25) is 6.08 Å². The van der Waals surface area contributed by atoms with E-state index in [1.165, 1.54) is 16.7 Å². The number of hydrogen-bond acceptors (Lipinski definition) is 0. The van der Waals surface area contributed by atoms with Crippen LogP contribution >= 0.6 is 0 Å². The number of hydrogen-bond donors (Lipinski definition) is 0. The Morgan fingerprint density at radius 2 is 1.73 bits per heavy atom. The summed E-state index contributed by atoms with van der Waals surface area (Å²) < 4.78 is 0. The first kappa shape index (κ1) is 26.7. The molecule has 3 rings (SSSR count). The second kappa shape index (κ2) is 15.7. The van der Waals surface area contributed by atoms with Gasteiger partial charge in [-0.2, -0.15) is 30.2 Å². The molecule has 0 radical (unpaired) electrons. The van der Waals surface area contributed by atoms with Gasteiger partial charge < -0.3 is 31.7 Å². The maximum atomic E-state index is 3.49. The van der Waals surface area contributed by atoms with Crippen LogP contribution in [0.15, 0.2) is 48.5 Å². The summed E-state index contributed by atoms with van der Waals surface area (Å²) in [7, 11) is 0. The van der Waals surface area contributed by atoms with Crippen molar-refractivity contribution in [3.05, 3.63) is 78.2 Å². The summed E-state index contributed by atoms with van der Waals surface area (Å²) in [6.45, 7) is 9.80. The smallest absolute Gasteiger partial charge is 1.00 e. The molecule has 22 heavy (non-hydrogen) atoms. The fourth-order valence-corrected chi connectivity index (χ4v) is 1.84. The van der Waals surface area contributed by atoms with Crippen LogP contribution in [0.25, 0.3) is 6.08 Å². The van der Waals surface area contributed by atoms with Crippen LogP contribution < -0.4 is 24.8 Å². The van der Waals surface area contributed by atoms with Gasteiger partial charge in [-0.05, 0) is 6.92 Å². The van der Waals surface area contributed by atoms with Gasteiger partial charge in [0.1, 0.15) is 0 Å². The summed E-state index contributed by atoms with van der Waals surface area (Å²) in [4.78, 5) is 0. The molecule has 1 atom stereocenters. The molecule has 0 heterocycles. The second-order valence-electron chi connectivity index (χ2n) is 4.63. The zero-order valence-corrected chi connectivity index (χ0v) is 17.4. The number of benzene rings is 1. The molecule has 0 nitrogen and oxygen atoms in total. The normalized spacial score (nSPS) is 12.8. The van der Waals surface area contributed by atoms with Gasteiger partial charge in [-0.15, -0.1) is 11.6 Å². The molecule has 0 saturated carbocycles. The molecular formula is C19H23Cl2Zr-3. The van der Waals surface area contributed by atoms with Gasteiger partial charge in [0.25, 0.3) is 0 Å². The van der Waals surface area contributed by atoms with Crippen molar-refractivity contribution in [2.75, 3.05) is 0 Å². The molecule has 0 spiro atoms. The Balaban J connectivity index is -0.000000283. The largest absolute Gasteiger partial charge is 2.00 e. The molecule has 1 unspecified atom stereocenters. The predicted molar refractivity (Wildman–Crippen MR) is 85.0 cm³/mol. The molecule has 0 fully saturated rings. The van der Waals surface area contributed by atoms with Gasteiger partial charge in [0.05, 0.1) is 0 Å². The molecule has 0 amide bonds. The Bertz CT molecular complexity index is 473. The van der Waals surface area contributed by atoms with Crippen molar-refractivity contribution in [1.29, 1.82) is 0 Å². The third-order valence-corrected chi connectivity index (χ3v) is 2.75. The van der Waals surface area contributed by atoms with Crippen LogP contribution in [-0.2, 0) is 26.2 Å². The fourth-order valence-electron chi connectivity index (χ4n) is 1.84. The van der Waals surface area contributed by atoms with E-state index in [-0.39, 0.29) is 51.0 Å². The summed E-state index contributed by atoms with van der Waals surface area (Å²) in [5, 5.41) is 0. The molecule has 1 aliphatic rings. The Kier molecular flexibility index (Phi) is 19.0. The van der Waals surface area contributed by atoms with Gasteiger partial charge >= 0.3 is 26.2 Å². The van der Waals surface area contributed by atoms with Crippen LogP contribution in [0.4, 0.5) is 0 Å². The fraction of sp³-hybridized carbons (Fsp3) is 0.263. The maximum absolute atomic E-state index is 3.49. The quantitative estimate of drug-likeness (QED) is 0.515. The summed E-state index contributed by atoms with van der Waals surface area (Å²) >= 11 is 0. The molecule has 120 valence electrons. The van der Waals surface area contributed by atoms with Crippen molar-refractivity contribution in [2.24, 2.45) is 0 Å². The average molecular weight is 414 g/mol. The third-order valence-electron chi connectivity index (χ3n) is 2.75. The summed E-state index contributed by atoms with van der Waals surface area (Å²) in [6, 6.07) is 16.6. The molecule has 0 saturated heterocycles. The van der Waals surface area contributed by atoms with Crippen LogP contribution in [0.2, 0.25) is 0 Å². The Morgan fingerprint density at radius 3 is 2.18 bits per heavy atom. The van der Waals surface area contributed by atoms with E-state index in [9.17, 15) is 0 Å². The van der Waals surface area contributed by atoms with Gasteiger partial charge in [-0.1, -0.05) is 37.5 Å². The van der Waals surface area contributed by atoms with Gasteiger partial charge in [0.15, 0.2) is 0 Å². The van der Waals surface area contributed by atoms with Crippen molar-refractivity contribution in [2.45, 2.75) is 33.1 Å². The minimum atomic E-state index is 0. The van der Waals surface area contributed by atoms with Crippen LogP contribution in [-0.4, -0.2) is 0 Å².